The summed E-state index contributed by atoms with van der Waals surface area (Å²) in [5.41, 5.74) is 1.59. The zero-order valence-corrected chi connectivity index (χ0v) is 14.8. The van der Waals surface area contributed by atoms with Crippen molar-refractivity contribution in [1.82, 2.24) is 4.90 Å². The molecular formula is C20H22FNO4. The van der Waals surface area contributed by atoms with Crippen molar-refractivity contribution in [3.8, 4) is 22.6 Å². The molecular weight excluding hydrogens is 337 g/mol. The molecule has 0 aromatic heterocycles. The van der Waals surface area contributed by atoms with E-state index in [1.807, 2.05) is 13.8 Å². The number of hydrogen-bond donors (Lipinski definition) is 2. The summed E-state index contributed by atoms with van der Waals surface area (Å²) in [5, 5.41) is 20.2. The van der Waals surface area contributed by atoms with Gasteiger partial charge >= 0.3 is 0 Å². The van der Waals surface area contributed by atoms with Crippen molar-refractivity contribution in [2.75, 3.05) is 26.3 Å². The second-order valence-corrected chi connectivity index (χ2v) is 6.68. The normalized spacial score (nSPS) is 14.7. The minimum atomic E-state index is -0.604. The minimum Gasteiger partial charge on any atom is -0.508 e. The highest BCUT2D eigenvalue weighted by atomic mass is 19.1. The quantitative estimate of drug-likeness (QED) is 0.880. The first kappa shape index (κ1) is 18.2. The summed E-state index contributed by atoms with van der Waals surface area (Å²) in [6, 6.07) is 7.14. The second kappa shape index (κ2) is 7.33. The molecule has 138 valence electrons. The Balaban J connectivity index is 2.02. The Kier molecular flexibility index (Phi) is 5.13. The summed E-state index contributed by atoms with van der Waals surface area (Å²) in [7, 11) is 0. The zero-order valence-electron chi connectivity index (χ0n) is 14.8. The number of halogens is 1. The number of phenolic OH excluding ortho intramolecular Hbond substituents is 2. The van der Waals surface area contributed by atoms with Crippen molar-refractivity contribution < 1.29 is 24.1 Å². The maximum absolute atomic E-state index is 14.3. The molecule has 0 radical (unpaired) electrons. The molecule has 1 amide bonds. The first-order valence-electron chi connectivity index (χ1n) is 8.61. The van der Waals surface area contributed by atoms with Gasteiger partial charge in [-0.25, -0.2) is 4.39 Å². The molecule has 5 nitrogen and oxygen atoms in total. The molecule has 2 N–H and O–H groups in total. The standard InChI is InChI=1S/C20H22FNO4/c1-12(2)14-10-15(19(24)11-18(14)23)13-3-4-17(21)16(9-13)20(25)22-5-7-26-8-6-22/h3-4,9-12,23-24H,5-8H2,1-2H3. The van der Waals surface area contributed by atoms with E-state index < -0.39 is 11.7 Å². The molecule has 1 saturated heterocycles. The molecule has 0 spiro atoms. The van der Waals surface area contributed by atoms with E-state index in [2.05, 4.69) is 0 Å². The smallest absolute Gasteiger partial charge is 0.257 e. The van der Waals surface area contributed by atoms with Crippen LogP contribution in [-0.4, -0.2) is 47.3 Å². The van der Waals surface area contributed by atoms with Crippen LogP contribution in [0.4, 0.5) is 4.39 Å². The molecule has 2 aromatic rings. The van der Waals surface area contributed by atoms with E-state index in [4.69, 9.17) is 4.74 Å². The summed E-state index contributed by atoms with van der Waals surface area (Å²) >= 11 is 0. The number of ether oxygens (including phenoxy) is 1. The Bertz CT molecular complexity index is 829. The number of nitrogens with zero attached hydrogens (tertiary/aromatic N) is 1. The van der Waals surface area contributed by atoms with Crippen molar-refractivity contribution in [3.05, 3.63) is 47.3 Å². The van der Waals surface area contributed by atoms with E-state index in [0.29, 0.717) is 43.0 Å². The zero-order chi connectivity index (χ0) is 18.8. The summed E-state index contributed by atoms with van der Waals surface area (Å²) in [5.74, 6) is -1.07. The van der Waals surface area contributed by atoms with Gasteiger partial charge in [0.05, 0.1) is 18.8 Å². The molecule has 26 heavy (non-hydrogen) atoms. The molecule has 0 atom stereocenters. The van der Waals surface area contributed by atoms with Crippen LogP contribution in [-0.2, 0) is 4.74 Å². The highest BCUT2D eigenvalue weighted by Crippen LogP contribution is 2.38. The van der Waals surface area contributed by atoms with Crippen molar-refractivity contribution in [3.63, 3.8) is 0 Å². The summed E-state index contributed by atoms with van der Waals surface area (Å²) in [6.07, 6.45) is 0. The van der Waals surface area contributed by atoms with Crippen LogP contribution in [0.1, 0.15) is 35.7 Å². The lowest BCUT2D eigenvalue weighted by Crippen LogP contribution is -2.41. The van der Waals surface area contributed by atoms with Gasteiger partial charge in [0, 0.05) is 24.7 Å². The molecule has 1 heterocycles. The van der Waals surface area contributed by atoms with Crippen LogP contribution < -0.4 is 0 Å². The lowest BCUT2D eigenvalue weighted by atomic mass is 9.94. The Morgan fingerprint density at radius 2 is 1.81 bits per heavy atom. The van der Waals surface area contributed by atoms with Gasteiger partial charge in [-0.05, 0) is 35.2 Å². The lowest BCUT2D eigenvalue weighted by Gasteiger charge is -2.27. The van der Waals surface area contributed by atoms with Crippen molar-refractivity contribution in [2.24, 2.45) is 0 Å². The Labute approximate surface area is 151 Å². The molecule has 6 heteroatoms. The van der Waals surface area contributed by atoms with Crippen LogP contribution in [0.25, 0.3) is 11.1 Å². The lowest BCUT2D eigenvalue weighted by molar-refractivity contribution is 0.0300. The van der Waals surface area contributed by atoms with Gasteiger partial charge in [0.1, 0.15) is 17.3 Å². The van der Waals surface area contributed by atoms with Crippen molar-refractivity contribution in [2.45, 2.75) is 19.8 Å². The third-order valence-corrected chi connectivity index (χ3v) is 4.57. The third kappa shape index (κ3) is 3.51. The van der Waals surface area contributed by atoms with Crippen LogP contribution in [0.5, 0.6) is 11.5 Å². The first-order chi connectivity index (χ1) is 12.4. The second-order valence-electron chi connectivity index (χ2n) is 6.68. The van der Waals surface area contributed by atoms with Crippen molar-refractivity contribution >= 4 is 5.91 Å². The van der Waals surface area contributed by atoms with Crippen molar-refractivity contribution in [1.29, 1.82) is 0 Å². The monoisotopic (exact) mass is 359 g/mol. The van der Waals surface area contributed by atoms with Crippen LogP contribution in [0.3, 0.4) is 0 Å². The van der Waals surface area contributed by atoms with Gasteiger partial charge in [-0.3, -0.25) is 4.79 Å². The van der Waals surface area contributed by atoms with Gasteiger partial charge in [0.25, 0.3) is 5.91 Å². The SMILES string of the molecule is CC(C)c1cc(-c2ccc(F)c(C(=O)N3CCOCC3)c2)c(O)cc1O. The van der Waals surface area contributed by atoms with Gasteiger partial charge in [-0.15, -0.1) is 0 Å². The molecule has 1 aliphatic rings. The number of aromatic hydroxyl groups is 2. The maximum Gasteiger partial charge on any atom is 0.257 e. The predicted molar refractivity (Wildman–Crippen MR) is 96.0 cm³/mol. The van der Waals surface area contributed by atoms with Crippen LogP contribution >= 0.6 is 0 Å². The number of carbonyl (C=O) groups is 1. The molecule has 1 aliphatic heterocycles. The third-order valence-electron chi connectivity index (χ3n) is 4.57. The molecule has 1 fully saturated rings. The molecule has 2 aromatic carbocycles. The number of phenols is 2. The fourth-order valence-electron chi connectivity index (χ4n) is 3.08. The number of morpholine rings is 1. The molecule has 0 saturated carbocycles. The fraction of sp³-hybridized carbons (Fsp3) is 0.350. The summed E-state index contributed by atoms with van der Waals surface area (Å²) < 4.78 is 19.5. The Morgan fingerprint density at radius 3 is 2.46 bits per heavy atom. The van der Waals surface area contributed by atoms with E-state index >= 15 is 0 Å². The minimum absolute atomic E-state index is 0.00739. The summed E-state index contributed by atoms with van der Waals surface area (Å²) in [6.45, 7) is 5.56. The topological polar surface area (TPSA) is 70.0 Å². The number of amides is 1. The fourth-order valence-corrected chi connectivity index (χ4v) is 3.08. The van der Waals surface area contributed by atoms with Gasteiger partial charge in [0.2, 0.25) is 0 Å². The number of carbonyl (C=O) groups excluding carboxylic acids is 1. The number of rotatable bonds is 3. The van der Waals surface area contributed by atoms with E-state index in [1.165, 1.54) is 24.3 Å². The van der Waals surface area contributed by atoms with E-state index in [-0.39, 0.29) is 23.0 Å². The van der Waals surface area contributed by atoms with Crippen LogP contribution in [0.15, 0.2) is 30.3 Å². The average Bonchev–Trinajstić information content (AvgIpc) is 2.62. The first-order valence-corrected chi connectivity index (χ1v) is 8.61. The van der Waals surface area contributed by atoms with Gasteiger partial charge < -0.3 is 19.8 Å². The Hall–Kier alpha value is -2.60. The van der Waals surface area contributed by atoms with Crippen LogP contribution in [0, 0.1) is 5.82 Å². The molecule has 0 aliphatic carbocycles. The van der Waals surface area contributed by atoms with Gasteiger partial charge in [0.15, 0.2) is 0 Å². The van der Waals surface area contributed by atoms with E-state index in [1.54, 1.807) is 11.0 Å². The Morgan fingerprint density at radius 1 is 1.12 bits per heavy atom. The average molecular weight is 359 g/mol. The largest absolute Gasteiger partial charge is 0.508 e. The summed E-state index contributed by atoms with van der Waals surface area (Å²) in [4.78, 5) is 14.2. The number of hydrogen-bond acceptors (Lipinski definition) is 4. The predicted octanol–water partition coefficient (Wildman–Crippen LogP) is 3.50. The van der Waals surface area contributed by atoms with E-state index in [9.17, 15) is 19.4 Å². The molecule has 3 rings (SSSR count). The highest BCUT2D eigenvalue weighted by molar-refractivity contribution is 5.96. The molecule has 0 bridgehead atoms. The highest BCUT2D eigenvalue weighted by Gasteiger charge is 2.22. The van der Waals surface area contributed by atoms with Gasteiger partial charge in [-0.2, -0.15) is 0 Å². The molecule has 0 unspecified atom stereocenters. The number of benzene rings is 2. The van der Waals surface area contributed by atoms with E-state index in [0.717, 1.165) is 0 Å². The maximum atomic E-state index is 14.3. The van der Waals surface area contributed by atoms with Crippen LogP contribution in [0.2, 0.25) is 0 Å². The van der Waals surface area contributed by atoms with Gasteiger partial charge in [-0.1, -0.05) is 19.9 Å².